The Morgan fingerprint density at radius 3 is 2.95 bits per heavy atom. The third kappa shape index (κ3) is 2.85. The lowest BCUT2D eigenvalue weighted by molar-refractivity contribution is -0.119. The van der Waals surface area contributed by atoms with Crippen LogP contribution in [0.25, 0.3) is 0 Å². The molecular weight excluding hydrogens is 240 g/mol. The van der Waals surface area contributed by atoms with E-state index < -0.39 is 0 Å². The highest BCUT2D eigenvalue weighted by Gasteiger charge is 2.21. The standard InChI is InChI=1S/C14H20N4O/c19-13-7-6-10(18-13)8-15-14-11-4-2-1-3-5-12(11)16-9-17-14/h9-10H,1-8H2,(H,18,19)(H,15,16,17). The maximum Gasteiger partial charge on any atom is 0.220 e. The predicted octanol–water partition coefficient (Wildman–Crippen LogP) is 1.44. The number of rotatable bonds is 3. The van der Waals surface area contributed by atoms with E-state index in [0.717, 1.165) is 31.6 Å². The zero-order valence-electron chi connectivity index (χ0n) is 11.1. The first kappa shape index (κ1) is 12.4. The molecule has 1 fully saturated rings. The predicted molar refractivity (Wildman–Crippen MR) is 72.9 cm³/mol. The fraction of sp³-hybridized carbons (Fsp3) is 0.643. The molecule has 1 aromatic heterocycles. The number of fused-ring (bicyclic) bond motifs is 1. The van der Waals surface area contributed by atoms with Gasteiger partial charge in [0.15, 0.2) is 0 Å². The van der Waals surface area contributed by atoms with Crippen molar-refractivity contribution in [2.75, 3.05) is 11.9 Å². The van der Waals surface area contributed by atoms with E-state index in [9.17, 15) is 4.79 Å². The summed E-state index contributed by atoms with van der Waals surface area (Å²) in [6.07, 6.45) is 9.06. The SMILES string of the molecule is O=C1CCC(CNc2ncnc3c2CCCCC3)N1. The summed E-state index contributed by atoms with van der Waals surface area (Å²) in [5.74, 6) is 1.13. The van der Waals surface area contributed by atoms with Crippen LogP contribution in [0.2, 0.25) is 0 Å². The number of hydrogen-bond acceptors (Lipinski definition) is 4. The molecule has 0 radical (unpaired) electrons. The van der Waals surface area contributed by atoms with Crippen LogP contribution in [0, 0.1) is 0 Å². The van der Waals surface area contributed by atoms with E-state index in [1.165, 1.54) is 30.5 Å². The summed E-state index contributed by atoms with van der Waals surface area (Å²) < 4.78 is 0. The normalized spacial score (nSPS) is 22.5. The van der Waals surface area contributed by atoms with Crippen LogP contribution in [0.15, 0.2) is 6.33 Å². The molecule has 1 atom stereocenters. The van der Waals surface area contributed by atoms with Gasteiger partial charge in [0.25, 0.3) is 0 Å². The van der Waals surface area contributed by atoms with Crippen molar-refractivity contribution in [2.45, 2.75) is 51.0 Å². The Labute approximate surface area is 113 Å². The summed E-state index contributed by atoms with van der Waals surface area (Å²) in [6, 6.07) is 0.240. The number of aromatic nitrogens is 2. The van der Waals surface area contributed by atoms with Crippen LogP contribution in [0.4, 0.5) is 5.82 Å². The second-order valence-electron chi connectivity index (χ2n) is 5.39. The minimum absolute atomic E-state index is 0.160. The summed E-state index contributed by atoms with van der Waals surface area (Å²) in [6.45, 7) is 0.759. The largest absolute Gasteiger partial charge is 0.368 e. The molecule has 1 unspecified atom stereocenters. The van der Waals surface area contributed by atoms with E-state index in [0.29, 0.717) is 6.42 Å². The maximum absolute atomic E-state index is 11.2. The van der Waals surface area contributed by atoms with Gasteiger partial charge >= 0.3 is 0 Å². The van der Waals surface area contributed by atoms with Crippen LogP contribution in [0.5, 0.6) is 0 Å². The molecule has 2 aliphatic rings. The lowest BCUT2D eigenvalue weighted by atomic mass is 10.1. The molecular formula is C14H20N4O. The number of nitrogens with one attached hydrogen (secondary N) is 2. The van der Waals surface area contributed by atoms with E-state index in [4.69, 9.17) is 0 Å². The lowest BCUT2D eigenvalue weighted by Crippen LogP contribution is -2.32. The van der Waals surface area contributed by atoms with Crippen molar-refractivity contribution in [3.63, 3.8) is 0 Å². The fourth-order valence-corrected chi connectivity index (χ4v) is 2.90. The fourth-order valence-electron chi connectivity index (χ4n) is 2.90. The van der Waals surface area contributed by atoms with Gasteiger partial charge in [0.2, 0.25) is 5.91 Å². The molecule has 0 aromatic carbocycles. The monoisotopic (exact) mass is 260 g/mol. The Kier molecular flexibility index (Phi) is 3.62. The van der Waals surface area contributed by atoms with Gasteiger partial charge in [-0.2, -0.15) is 0 Å². The van der Waals surface area contributed by atoms with Crippen LogP contribution < -0.4 is 10.6 Å². The molecule has 1 amide bonds. The van der Waals surface area contributed by atoms with Crippen LogP contribution in [0.1, 0.15) is 43.4 Å². The zero-order valence-corrected chi connectivity index (χ0v) is 11.1. The summed E-state index contributed by atoms with van der Waals surface area (Å²) in [4.78, 5) is 20.0. The Balaban J connectivity index is 1.69. The van der Waals surface area contributed by atoms with E-state index in [-0.39, 0.29) is 11.9 Å². The molecule has 19 heavy (non-hydrogen) atoms. The third-order valence-corrected chi connectivity index (χ3v) is 3.98. The number of aryl methyl sites for hydroxylation is 1. The smallest absolute Gasteiger partial charge is 0.220 e. The minimum atomic E-state index is 0.160. The van der Waals surface area contributed by atoms with Crippen LogP contribution in [-0.4, -0.2) is 28.5 Å². The number of carbonyl (C=O) groups is 1. The van der Waals surface area contributed by atoms with Gasteiger partial charge in [0.1, 0.15) is 12.1 Å². The van der Waals surface area contributed by atoms with Gasteiger partial charge in [0, 0.05) is 30.3 Å². The van der Waals surface area contributed by atoms with E-state index >= 15 is 0 Å². The summed E-state index contributed by atoms with van der Waals surface area (Å²) in [7, 11) is 0. The second kappa shape index (κ2) is 5.55. The van der Waals surface area contributed by atoms with Gasteiger partial charge in [-0.3, -0.25) is 4.79 Å². The third-order valence-electron chi connectivity index (χ3n) is 3.98. The number of carbonyl (C=O) groups excluding carboxylic acids is 1. The van der Waals surface area contributed by atoms with Crippen LogP contribution in [0.3, 0.4) is 0 Å². The molecule has 3 rings (SSSR count). The molecule has 0 spiro atoms. The van der Waals surface area contributed by atoms with Crippen LogP contribution in [-0.2, 0) is 17.6 Å². The molecule has 1 aliphatic carbocycles. The number of amides is 1. The molecule has 2 N–H and O–H groups in total. The molecule has 1 saturated heterocycles. The number of nitrogens with zero attached hydrogens (tertiary/aromatic N) is 2. The average Bonchev–Trinajstić information content (AvgIpc) is 2.69. The summed E-state index contributed by atoms with van der Waals surface area (Å²) in [5, 5.41) is 6.37. The van der Waals surface area contributed by atoms with Gasteiger partial charge in [-0.1, -0.05) is 6.42 Å². The van der Waals surface area contributed by atoms with Crippen molar-refractivity contribution in [3.8, 4) is 0 Å². The first-order valence-corrected chi connectivity index (χ1v) is 7.19. The average molecular weight is 260 g/mol. The highest BCUT2D eigenvalue weighted by Crippen LogP contribution is 2.24. The van der Waals surface area contributed by atoms with Gasteiger partial charge < -0.3 is 10.6 Å². The molecule has 5 nitrogen and oxygen atoms in total. The van der Waals surface area contributed by atoms with Crippen LogP contribution >= 0.6 is 0 Å². The Hall–Kier alpha value is -1.65. The molecule has 1 aromatic rings. The zero-order chi connectivity index (χ0) is 13.1. The van der Waals surface area contributed by atoms with Gasteiger partial charge in [-0.05, 0) is 32.1 Å². The van der Waals surface area contributed by atoms with Gasteiger partial charge in [-0.25, -0.2) is 9.97 Å². The Morgan fingerprint density at radius 2 is 2.11 bits per heavy atom. The first-order chi connectivity index (χ1) is 9.33. The van der Waals surface area contributed by atoms with Crippen molar-refractivity contribution < 1.29 is 4.79 Å². The van der Waals surface area contributed by atoms with Gasteiger partial charge in [0.05, 0.1) is 0 Å². The summed E-state index contributed by atoms with van der Waals surface area (Å²) >= 11 is 0. The van der Waals surface area contributed by atoms with Gasteiger partial charge in [-0.15, -0.1) is 0 Å². The molecule has 0 saturated carbocycles. The quantitative estimate of drug-likeness (QED) is 0.807. The Morgan fingerprint density at radius 1 is 1.21 bits per heavy atom. The van der Waals surface area contributed by atoms with Crippen molar-refractivity contribution in [2.24, 2.45) is 0 Å². The van der Waals surface area contributed by atoms with E-state index in [1.807, 2.05) is 0 Å². The molecule has 2 heterocycles. The number of hydrogen-bond donors (Lipinski definition) is 2. The summed E-state index contributed by atoms with van der Waals surface area (Å²) in [5.41, 5.74) is 2.48. The molecule has 102 valence electrons. The highest BCUT2D eigenvalue weighted by molar-refractivity contribution is 5.78. The minimum Gasteiger partial charge on any atom is -0.368 e. The van der Waals surface area contributed by atoms with E-state index in [1.54, 1.807) is 6.33 Å². The van der Waals surface area contributed by atoms with E-state index in [2.05, 4.69) is 20.6 Å². The maximum atomic E-state index is 11.2. The lowest BCUT2D eigenvalue weighted by Gasteiger charge is -2.15. The second-order valence-corrected chi connectivity index (χ2v) is 5.39. The Bertz CT molecular complexity index is 475. The molecule has 1 aliphatic heterocycles. The van der Waals surface area contributed by atoms with Crippen molar-refractivity contribution in [1.82, 2.24) is 15.3 Å². The number of anilines is 1. The first-order valence-electron chi connectivity index (χ1n) is 7.19. The van der Waals surface area contributed by atoms with Crippen molar-refractivity contribution in [1.29, 1.82) is 0 Å². The highest BCUT2D eigenvalue weighted by atomic mass is 16.1. The molecule has 5 heteroatoms. The topological polar surface area (TPSA) is 66.9 Å². The van der Waals surface area contributed by atoms with Crippen molar-refractivity contribution >= 4 is 11.7 Å². The van der Waals surface area contributed by atoms with Crippen molar-refractivity contribution in [3.05, 3.63) is 17.6 Å². The molecule has 0 bridgehead atoms.